The van der Waals surface area contributed by atoms with Crippen LogP contribution < -0.4 is 5.32 Å². The minimum Gasteiger partial charge on any atom is -0.325 e. The molecule has 0 radical (unpaired) electrons. The highest BCUT2D eigenvalue weighted by Crippen LogP contribution is 2.26. The van der Waals surface area contributed by atoms with Crippen molar-refractivity contribution < 1.29 is 4.79 Å². The van der Waals surface area contributed by atoms with Crippen LogP contribution in [0.2, 0.25) is 0 Å². The maximum absolute atomic E-state index is 12.5. The normalized spacial score (nSPS) is 12.1. The summed E-state index contributed by atoms with van der Waals surface area (Å²) in [7, 11) is 0. The number of hydrogen-bond acceptors (Lipinski definition) is 3. The lowest BCUT2D eigenvalue weighted by molar-refractivity contribution is -0.115. The zero-order valence-corrected chi connectivity index (χ0v) is 14.9. The second-order valence-corrected chi connectivity index (χ2v) is 7.22. The van der Waals surface area contributed by atoms with Gasteiger partial charge in [0.05, 0.1) is 15.8 Å². The predicted molar refractivity (Wildman–Crippen MR) is 102 cm³/mol. The number of amides is 1. The number of thioether (sulfide) groups is 1. The SMILES string of the molecule is Cc1cccc(C)c1NC(=O)C(C)Sc1ccc2ccccc2n1. The van der Waals surface area contributed by atoms with Gasteiger partial charge in [-0.15, -0.1) is 0 Å². The highest BCUT2D eigenvalue weighted by molar-refractivity contribution is 8.00. The molecular weight excluding hydrogens is 316 g/mol. The van der Waals surface area contributed by atoms with E-state index < -0.39 is 0 Å². The standard InChI is InChI=1S/C20H20N2OS/c1-13-7-6-8-14(2)19(13)22-20(23)15(3)24-18-12-11-16-9-4-5-10-17(16)21-18/h4-12,15H,1-3H3,(H,22,23). The number of rotatable bonds is 4. The molecule has 1 unspecified atom stereocenters. The fraction of sp³-hybridized carbons (Fsp3) is 0.200. The Hall–Kier alpha value is -2.33. The van der Waals surface area contributed by atoms with Crippen LogP contribution >= 0.6 is 11.8 Å². The molecule has 1 amide bonds. The molecule has 2 aromatic carbocycles. The van der Waals surface area contributed by atoms with Gasteiger partial charge in [0, 0.05) is 11.1 Å². The van der Waals surface area contributed by atoms with E-state index in [9.17, 15) is 4.79 Å². The quantitative estimate of drug-likeness (QED) is 0.684. The summed E-state index contributed by atoms with van der Waals surface area (Å²) in [5, 5.41) is 4.79. The summed E-state index contributed by atoms with van der Waals surface area (Å²) in [6, 6.07) is 18.0. The zero-order valence-electron chi connectivity index (χ0n) is 14.0. The number of aromatic nitrogens is 1. The first-order chi connectivity index (χ1) is 11.5. The fourth-order valence-corrected chi connectivity index (χ4v) is 3.41. The molecule has 1 atom stereocenters. The van der Waals surface area contributed by atoms with Gasteiger partial charge in [-0.1, -0.05) is 54.2 Å². The van der Waals surface area contributed by atoms with E-state index >= 15 is 0 Å². The third-order valence-corrected chi connectivity index (χ3v) is 5.01. The molecule has 0 saturated carbocycles. The molecule has 3 rings (SSSR count). The second-order valence-electron chi connectivity index (χ2n) is 5.86. The number of fused-ring (bicyclic) bond motifs is 1. The Morgan fingerprint density at radius 3 is 2.46 bits per heavy atom. The molecule has 0 aliphatic heterocycles. The van der Waals surface area contributed by atoms with Crippen molar-refractivity contribution in [2.24, 2.45) is 0 Å². The van der Waals surface area contributed by atoms with Gasteiger partial charge in [0.25, 0.3) is 0 Å². The highest BCUT2D eigenvalue weighted by atomic mass is 32.2. The van der Waals surface area contributed by atoms with E-state index in [4.69, 9.17) is 0 Å². The molecule has 0 saturated heterocycles. The number of aryl methyl sites for hydroxylation is 2. The average Bonchev–Trinajstić information content (AvgIpc) is 2.58. The first-order valence-corrected chi connectivity index (χ1v) is 8.82. The van der Waals surface area contributed by atoms with Crippen LogP contribution in [0.4, 0.5) is 5.69 Å². The summed E-state index contributed by atoms with van der Waals surface area (Å²) in [6.45, 7) is 5.92. The highest BCUT2D eigenvalue weighted by Gasteiger charge is 2.17. The molecule has 3 aromatic rings. The van der Waals surface area contributed by atoms with Crippen LogP contribution in [0.25, 0.3) is 10.9 Å². The van der Waals surface area contributed by atoms with Crippen molar-refractivity contribution in [1.29, 1.82) is 0 Å². The zero-order chi connectivity index (χ0) is 17.1. The number of nitrogens with zero attached hydrogens (tertiary/aromatic N) is 1. The van der Waals surface area contributed by atoms with Crippen LogP contribution in [-0.4, -0.2) is 16.1 Å². The molecule has 122 valence electrons. The van der Waals surface area contributed by atoms with Crippen molar-refractivity contribution in [1.82, 2.24) is 4.98 Å². The second kappa shape index (κ2) is 7.05. The lowest BCUT2D eigenvalue weighted by atomic mass is 10.1. The van der Waals surface area contributed by atoms with Crippen molar-refractivity contribution in [2.45, 2.75) is 31.0 Å². The van der Waals surface area contributed by atoms with E-state index in [0.29, 0.717) is 0 Å². The van der Waals surface area contributed by atoms with Gasteiger partial charge in [0.15, 0.2) is 0 Å². The van der Waals surface area contributed by atoms with Crippen molar-refractivity contribution in [3.05, 3.63) is 65.7 Å². The van der Waals surface area contributed by atoms with E-state index in [1.54, 1.807) is 0 Å². The van der Waals surface area contributed by atoms with Crippen molar-refractivity contribution in [3.63, 3.8) is 0 Å². The Bertz CT molecular complexity index is 871. The van der Waals surface area contributed by atoms with Crippen LogP contribution in [0.15, 0.2) is 59.6 Å². The van der Waals surface area contributed by atoms with Crippen LogP contribution in [-0.2, 0) is 4.79 Å². The minimum absolute atomic E-state index is 0.00708. The van der Waals surface area contributed by atoms with E-state index in [1.807, 2.05) is 75.4 Å². The lowest BCUT2D eigenvalue weighted by Gasteiger charge is -2.15. The molecule has 0 fully saturated rings. The Kier molecular flexibility index (Phi) is 4.86. The molecule has 4 heteroatoms. The third kappa shape index (κ3) is 3.60. The Morgan fingerprint density at radius 2 is 1.71 bits per heavy atom. The molecule has 0 aliphatic rings. The largest absolute Gasteiger partial charge is 0.325 e. The molecule has 1 N–H and O–H groups in total. The topological polar surface area (TPSA) is 42.0 Å². The van der Waals surface area contributed by atoms with Crippen LogP contribution in [0.5, 0.6) is 0 Å². The summed E-state index contributed by atoms with van der Waals surface area (Å²) in [4.78, 5) is 17.1. The van der Waals surface area contributed by atoms with Gasteiger partial charge in [-0.05, 0) is 44.0 Å². The average molecular weight is 336 g/mol. The number of pyridine rings is 1. The fourth-order valence-electron chi connectivity index (χ4n) is 2.58. The maximum Gasteiger partial charge on any atom is 0.237 e. The smallest absolute Gasteiger partial charge is 0.237 e. The van der Waals surface area contributed by atoms with Crippen molar-refractivity contribution in [3.8, 4) is 0 Å². The number of para-hydroxylation sites is 2. The summed E-state index contributed by atoms with van der Waals surface area (Å²) >= 11 is 1.47. The van der Waals surface area contributed by atoms with Gasteiger partial charge in [0.2, 0.25) is 5.91 Å². The molecule has 1 aromatic heterocycles. The van der Waals surface area contributed by atoms with Gasteiger partial charge in [-0.2, -0.15) is 0 Å². The molecule has 0 aliphatic carbocycles. The summed E-state index contributed by atoms with van der Waals surface area (Å²) in [5.41, 5.74) is 4.00. The molecule has 0 spiro atoms. The Morgan fingerprint density at radius 1 is 1.00 bits per heavy atom. The maximum atomic E-state index is 12.5. The minimum atomic E-state index is -0.224. The lowest BCUT2D eigenvalue weighted by Crippen LogP contribution is -2.23. The molecule has 24 heavy (non-hydrogen) atoms. The Balaban J connectivity index is 1.73. The number of hydrogen-bond donors (Lipinski definition) is 1. The van der Waals surface area contributed by atoms with Gasteiger partial charge in [-0.3, -0.25) is 4.79 Å². The van der Waals surface area contributed by atoms with Gasteiger partial charge in [0.1, 0.15) is 0 Å². The van der Waals surface area contributed by atoms with Crippen molar-refractivity contribution in [2.75, 3.05) is 5.32 Å². The first-order valence-electron chi connectivity index (χ1n) is 7.94. The Labute approximate surface area is 146 Å². The monoisotopic (exact) mass is 336 g/mol. The van der Waals surface area contributed by atoms with Gasteiger partial charge >= 0.3 is 0 Å². The van der Waals surface area contributed by atoms with Crippen molar-refractivity contribution >= 4 is 34.3 Å². The van der Waals surface area contributed by atoms with Crippen LogP contribution in [0.3, 0.4) is 0 Å². The predicted octanol–water partition coefficient (Wildman–Crippen LogP) is 4.97. The van der Waals surface area contributed by atoms with E-state index in [2.05, 4.69) is 10.3 Å². The third-order valence-electron chi connectivity index (χ3n) is 3.97. The van der Waals surface area contributed by atoms with E-state index in [-0.39, 0.29) is 11.2 Å². The number of benzene rings is 2. The number of nitrogens with one attached hydrogen (secondary N) is 1. The van der Waals surface area contributed by atoms with E-state index in [1.165, 1.54) is 11.8 Å². The molecule has 3 nitrogen and oxygen atoms in total. The van der Waals surface area contributed by atoms with E-state index in [0.717, 1.165) is 32.7 Å². The summed E-state index contributed by atoms with van der Waals surface area (Å²) < 4.78 is 0. The summed E-state index contributed by atoms with van der Waals surface area (Å²) in [5.74, 6) is -0.00708. The molecule has 0 bridgehead atoms. The summed E-state index contributed by atoms with van der Waals surface area (Å²) in [6.07, 6.45) is 0. The van der Waals surface area contributed by atoms with Crippen LogP contribution in [0, 0.1) is 13.8 Å². The molecule has 1 heterocycles. The first kappa shape index (κ1) is 16.5. The molecular formula is C20H20N2OS. The van der Waals surface area contributed by atoms with Gasteiger partial charge in [-0.25, -0.2) is 4.98 Å². The van der Waals surface area contributed by atoms with Gasteiger partial charge < -0.3 is 5.32 Å². The number of carbonyl (C=O) groups is 1. The number of carbonyl (C=O) groups excluding carboxylic acids is 1. The number of anilines is 1. The van der Waals surface area contributed by atoms with Crippen LogP contribution in [0.1, 0.15) is 18.1 Å².